The molecule has 3 aromatic rings. The molecular weight excluding hydrogens is 342 g/mol. The molecule has 3 rings (SSSR count). The van der Waals surface area contributed by atoms with E-state index >= 15 is 0 Å². The lowest BCUT2D eigenvalue weighted by Crippen LogP contribution is -2.30. The van der Waals surface area contributed by atoms with E-state index in [2.05, 4.69) is 15.1 Å². The van der Waals surface area contributed by atoms with Crippen molar-refractivity contribution in [2.75, 3.05) is 20.2 Å². The number of aromatic nitrogens is 4. The van der Waals surface area contributed by atoms with Crippen LogP contribution in [0.5, 0.6) is 5.75 Å². The first-order valence-electron chi connectivity index (χ1n) is 7.90. The summed E-state index contributed by atoms with van der Waals surface area (Å²) in [4.78, 5) is 22.2. The van der Waals surface area contributed by atoms with Gasteiger partial charge in [-0.05, 0) is 30.7 Å². The molecule has 2 aromatic heterocycles. The Kier molecular flexibility index (Phi) is 5.45. The van der Waals surface area contributed by atoms with Crippen LogP contribution >= 0.6 is 11.6 Å². The molecule has 0 fully saturated rings. The maximum Gasteiger partial charge on any atom is 0.252 e. The van der Waals surface area contributed by atoms with Gasteiger partial charge >= 0.3 is 0 Å². The summed E-state index contributed by atoms with van der Waals surface area (Å²) < 4.78 is 7.17. The van der Waals surface area contributed by atoms with E-state index in [1.54, 1.807) is 47.1 Å². The minimum Gasteiger partial charge on any atom is -0.493 e. The number of ether oxygens (including phenoxy) is 1. The second kappa shape index (κ2) is 7.94. The van der Waals surface area contributed by atoms with Crippen LogP contribution < -0.4 is 4.74 Å². The number of carbonyl (C=O) groups is 1. The molecule has 130 valence electrons. The average molecular weight is 360 g/mol. The van der Waals surface area contributed by atoms with E-state index in [0.717, 1.165) is 12.2 Å². The molecule has 0 N–H and O–H groups in total. The number of likely N-dealkylation sites (N-methyl/N-ethyl adjacent to an activating group) is 1. The van der Waals surface area contributed by atoms with Gasteiger partial charge in [-0.3, -0.25) is 4.79 Å². The molecule has 0 radical (unpaired) electrons. The van der Waals surface area contributed by atoms with Crippen LogP contribution in [0.2, 0.25) is 5.02 Å². The summed E-state index contributed by atoms with van der Waals surface area (Å²) in [6.07, 6.45) is 4.26. The van der Waals surface area contributed by atoms with Crippen molar-refractivity contribution in [3.8, 4) is 5.75 Å². The summed E-state index contributed by atoms with van der Waals surface area (Å²) in [6, 6.07) is 9.01. The van der Waals surface area contributed by atoms with Crippen molar-refractivity contribution in [1.82, 2.24) is 24.5 Å². The van der Waals surface area contributed by atoms with E-state index in [1.165, 1.54) is 0 Å². The Morgan fingerprint density at radius 2 is 2.24 bits per heavy atom. The first-order valence-corrected chi connectivity index (χ1v) is 8.28. The quantitative estimate of drug-likeness (QED) is 0.605. The molecule has 7 nitrogen and oxygen atoms in total. The van der Waals surface area contributed by atoms with Crippen LogP contribution in [0, 0.1) is 0 Å². The van der Waals surface area contributed by atoms with E-state index in [9.17, 15) is 4.79 Å². The first-order chi connectivity index (χ1) is 12.1. The number of amides is 1. The van der Waals surface area contributed by atoms with Gasteiger partial charge in [0.2, 0.25) is 5.91 Å². The number of fused-ring (bicyclic) bond motifs is 1. The third-order valence-corrected chi connectivity index (χ3v) is 3.83. The molecular formula is C17H18ClN5O2. The Bertz CT molecular complexity index is 834. The van der Waals surface area contributed by atoms with E-state index < -0.39 is 0 Å². The van der Waals surface area contributed by atoms with E-state index in [0.29, 0.717) is 29.8 Å². The summed E-state index contributed by atoms with van der Waals surface area (Å²) in [5, 5.41) is 4.88. The predicted molar refractivity (Wildman–Crippen MR) is 93.7 cm³/mol. The molecule has 0 unspecified atom stereocenters. The maximum atomic E-state index is 12.3. The van der Waals surface area contributed by atoms with Gasteiger partial charge in [0.25, 0.3) is 5.78 Å². The highest BCUT2D eigenvalue weighted by Gasteiger charge is 2.13. The summed E-state index contributed by atoms with van der Waals surface area (Å²) >= 11 is 5.91. The number of hydrogen-bond acceptors (Lipinski definition) is 5. The lowest BCUT2D eigenvalue weighted by Gasteiger charge is -2.16. The molecule has 0 bridgehead atoms. The number of carbonyl (C=O) groups excluding carboxylic acids is 1. The van der Waals surface area contributed by atoms with Gasteiger partial charge in [0, 0.05) is 31.0 Å². The highest BCUT2D eigenvalue weighted by molar-refractivity contribution is 6.30. The van der Waals surface area contributed by atoms with Crippen molar-refractivity contribution in [3.05, 3.63) is 53.6 Å². The van der Waals surface area contributed by atoms with Crippen LogP contribution in [-0.4, -0.2) is 50.6 Å². The van der Waals surface area contributed by atoms with Gasteiger partial charge in [-0.25, -0.2) is 9.50 Å². The number of benzene rings is 1. The highest BCUT2D eigenvalue weighted by atomic mass is 35.5. The van der Waals surface area contributed by atoms with Gasteiger partial charge in [-0.1, -0.05) is 17.7 Å². The molecule has 1 aromatic carbocycles. The van der Waals surface area contributed by atoms with Crippen molar-refractivity contribution in [2.45, 2.75) is 12.8 Å². The fraction of sp³-hybridized carbons (Fsp3) is 0.294. The van der Waals surface area contributed by atoms with Crippen molar-refractivity contribution in [3.63, 3.8) is 0 Å². The Morgan fingerprint density at radius 1 is 1.36 bits per heavy atom. The monoisotopic (exact) mass is 359 g/mol. The number of rotatable bonds is 7. The van der Waals surface area contributed by atoms with Gasteiger partial charge < -0.3 is 9.64 Å². The van der Waals surface area contributed by atoms with Crippen LogP contribution in [0.1, 0.15) is 12.2 Å². The molecule has 0 aliphatic rings. The molecule has 8 heteroatoms. The second-order valence-electron chi connectivity index (χ2n) is 5.54. The molecule has 0 saturated heterocycles. The first kappa shape index (κ1) is 17.2. The summed E-state index contributed by atoms with van der Waals surface area (Å²) in [6.45, 7) is 1.10. The Labute approximate surface area is 150 Å². The van der Waals surface area contributed by atoms with Crippen molar-refractivity contribution < 1.29 is 9.53 Å². The summed E-state index contributed by atoms with van der Waals surface area (Å²) in [5.74, 6) is 1.63. The third-order valence-electron chi connectivity index (χ3n) is 3.60. The van der Waals surface area contributed by atoms with Gasteiger partial charge in [0.15, 0.2) is 5.82 Å². The molecule has 25 heavy (non-hydrogen) atoms. The van der Waals surface area contributed by atoms with Gasteiger partial charge in [0.1, 0.15) is 5.75 Å². The highest BCUT2D eigenvalue weighted by Crippen LogP contribution is 2.17. The minimum absolute atomic E-state index is 0.0429. The predicted octanol–water partition coefficient (Wildman–Crippen LogP) is 2.25. The van der Waals surface area contributed by atoms with E-state index in [4.69, 9.17) is 16.3 Å². The van der Waals surface area contributed by atoms with Gasteiger partial charge in [-0.15, -0.1) is 5.10 Å². The van der Waals surface area contributed by atoms with E-state index in [1.807, 2.05) is 12.1 Å². The molecule has 0 spiro atoms. The Balaban J connectivity index is 1.44. The zero-order valence-electron chi connectivity index (χ0n) is 13.8. The Morgan fingerprint density at radius 3 is 3.04 bits per heavy atom. The second-order valence-corrected chi connectivity index (χ2v) is 5.98. The standard InChI is InChI=1S/C17H18ClN5O2/c1-22(8-4-10-25-14-6-2-5-13(18)11-14)16(24)12-15-20-17-19-7-3-9-23(17)21-15/h2-3,5-7,9,11H,4,8,10,12H2,1H3. The van der Waals surface area contributed by atoms with E-state index in [-0.39, 0.29) is 12.3 Å². The molecule has 0 atom stereocenters. The maximum absolute atomic E-state index is 12.3. The summed E-state index contributed by atoms with van der Waals surface area (Å²) in [5.41, 5.74) is 0. The van der Waals surface area contributed by atoms with Crippen LogP contribution in [0.4, 0.5) is 0 Å². The van der Waals surface area contributed by atoms with Crippen molar-refractivity contribution in [2.24, 2.45) is 0 Å². The van der Waals surface area contributed by atoms with Crippen LogP contribution in [-0.2, 0) is 11.2 Å². The average Bonchev–Trinajstić information content (AvgIpc) is 3.00. The lowest BCUT2D eigenvalue weighted by molar-refractivity contribution is -0.129. The Hall–Kier alpha value is -2.67. The van der Waals surface area contributed by atoms with Gasteiger partial charge in [-0.2, -0.15) is 4.98 Å². The van der Waals surface area contributed by atoms with Crippen molar-refractivity contribution >= 4 is 23.3 Å². The minimum atomic E-state index is -0.0429. The third kappa shape index (κ3) is 4.67. The topological polar surface area (TPSA) is 72.6 Å². The van der Waals surface area contributed by atoms with Crippen molar-refractivity contribution in [1.29, 1.82) is 0 Å². The molecule has 0 aliphatic carbocycles. The molecule has 0 saturated carbocycles. The smallest absolute Gasteiger partial charge is 0.252 e. The normalized spacial score (nSPS) is 10.8. The van der Waals surface area contributed by atoms with Crippen LogP contribution in [0.3, 0.4) is 0 Å². The SMILES string of the molecule is CN(CCCOc1cccc(Cl)c1)C(=O)Cc1nc2ncccn2n1. The largest absolute Gasteiger partial charge is 0.493 e. The summed E-state index contributed by atoms with van der Waals surface area (Å²) in [7, 11) is 1.76. The zero-order chi connectivity index (χ0) is 17.6. The van der Waals surface area contributed by atoms with Crippen LogP contribution in [0.25, 0.3) is 5.78 Å². The van der Waals surface area contributed by atoms with Gasteiger partial charge in [0.05, 0.1) is 13.0 Å². The number of nitrogens with zero attached hydrogens (tertiary/aromatic N) is 5. The fourth-order valence-electron chi connectivity index (χ4n) is 2.29. The zero-order valence-corrected chi connectivity index (χ0v) is 14.6. The number of halogens is 1. The molecule has 0 aliphatic heterocycles. The lowest BCUT2D eigenvalue weighted by atomic mass is 10.3. The van der Waals surface area contributed by atoms with Crippen LogP contribution in [0.15, 0.2) is 42.7 Å². The number of hydrogen-bond donors (Lipinski definition) is 0. The fourth-order valence-corrected chi connectivity index (χ4v) is 2.47. The molecule has 2 heterocycles. The molecule has 1 amide bonds.